The normalized spacial score (nSPS) is 9.64. The second kappa shape index (κ2) is 3.40. The SMILES string of the molecule is CSc1ncc(C(=O)ON)o1. The third kappa shape index (κ3) is 1.72. The molecule has 60 valence electrons. The summed E-state index contributed by atoms with van der Waals surface area (Å²) in [5.41, 5.74) is 0. The molecule has 2 N–H and O–H groups in total. The van der Waals surface area contributed by atoms with Crippen LogP contribution in [0.25, 0.3) is 0 Å². The minimum Gasteiger partial charge on any atom is -0.424 e. The summed E-state index contributed by atoms with van der Waals surface area (Å²) in [6, 6.07) is 0. The molecular formula is C5H6N2O3S. The Morgan fingerprint density at radius 1 is 1.91 bits per heavy atom. The van der Waals surface area contributed by atoms with Crippen LogP contribution in [-0.2, 0) is 4.84 Å². The molecule has 0 aliphatic carbocycles. The monoisotopic (exact) mass is 174 g/mol. The number of thioether (sulfide) groups is 1. The van der Waals surface area contributed by atoms with E-state index in [0.717, 1.165) is 0 Å². The highest BCUT2D eigenvalue weighted by Crippen LogP contribution is 2.13. The van der Waals surface area contributed by atoms with Crippen molar-refractivity contribution in [1.29, 1.82) is 0 Å². The fraction of sp³-hybridized carbons (Fsp3) is 0.200. The molecule has 0 radical (unpaired) electrons. The van der Waals surface area contributed by atoms with Crippen molar-refractivity contribution in [2.24, 2.45) is 5.90 Å². The van der Waals surface area contributed by atoms with Crippen molar-refractivity contribution in [2.75, 3.05) is 6.26 Å². The Labute approximate surface area is 66.9 Å². The second-order valence-corrected chi connectivity index (χ2v) is 2.36. The van der Waals surface area contributed by atoms with Crippen LogP contribution in [0.4, 0.5) is 0 Å². The molecule has 0 fully saturated rings. The van der Waals surface area contributed by atoms with Crippen LogP contribution in [-0.4, -0.2) is 17.2 Å². The van der Waals surface area contributed by atoms with Gasteiger partial charge in [-0.15, -0.1) is 0 Å². The van der Waals surface area contributed by atoms with Crippen molar-refractivity contribution in [2.45, 2.75) is 5.22 Å². The number of carbonyl (C=O) groups is 1. The van der Waals surface area contributed by atoms with Gasteiger partial charge in [-0.05, 0) is 6.26 Å². The Morgan fingerprint density at radius 3 is 3.09 bits per heavy atom. The van der Waals surface area contributed by atoms with Gasteiger partial charge in [0.25, 0.3) is 5.22 Å². The van der Waals surface area contributed by atoms with Gasteiger partial charge in [0.2, 0.25) is 5.76 Å². The number of hydrogen-bond acceptors (Lipinski definition) is 6. The first-order chi connectivity index (χ1) is 5.27. The third-order valence-corrected chi connectivity index (χ3v) is 1.51. The average molecular weight is 174 g/mol. The topological polar surface area (TPSA) is 78.3 Å². The molecule has 0 saturated carbocycles. The molecule has 0 saturated heterocycles. The van der Waals surface area contributed by atoms with E-state index in [1.54, 1.807) is 6.26 Å². The van der Waals surface area contributed by atoms with E-state index < -0.39 is 5.97 Å². The van der Waals surface area contributed by atoms with Gasteiger partial charge in [-0.2, -0.15) is 5.90 Å². The van der Waals surface area contributed by atoms with Crippen molar-refractivity contribution in [1.82, 2.24) is 4.98 Å². The van der Waals surface area contributed by atoms with Crippen LogP contribution < -0.4 is 5.90 Å². The highest BCUT2D eigenvalue weighted by molar-refractivity contribution is 7.98. The first kappa shape index (κ1) is 8.09. The molecular weight excluding hydrogens is 168 g/mol. The number of hydrogen-bond donors (Lipinski definition) is 1. The van der Waals surface area contributed by atoms with E-state index in [4.69, 9.17) is 4.42 Å². The van der Waals surface area contributed by atoms with Gasteiger partial charge >= 0.3 is 5.97 Å². The zero-order valence-electron chi connectivity index (χ0n) is 5.73. The number of oxazole rings is 1. The van der Waals surface area contributed by atoms with Crippen LogP contribution in [0, 0.1) is 0 Å². The van der Waals surface area contributed by atoms with Gasteiger partial charge < -0.3 is 9.25 Å². The van der Waals surface area contributed by atoms with E-state index in [1.165, 1.54) is 18.0 Å². The molecule has 0 aromatic carbocycles. The Kier molecular flexibility index (Phi) is 2.50. The maximum atomic E-state index is 10.7. The summed E-state index contributed by atoms with van der Waals surface area (Å²) in [6.07, 6.45) is 3.05. The number of nitrogens with two attached hydrogens (primary N) is 1. The number of nitrogens with zero attached hydrogens (tertiary/aromatic N) is 1. The lowest BCUT2D eigenvalue weighted by Gasteiger charge is -1.89. The summed E-state index contributed by atoms with van der Waals surface area (Å²) in [7, 11) is 0. The van der Waals surface area contributed by atoms with Gasteiger partial charge in [-0.3, -0.25) is 0 Å². The predicted molar refractivity (Wildman–Crippen MR) is 37.9 cm³/mol. The summed E-state index contributed by atoms with van der Waals surface area (Å²) in [5, 5.41) is 0.408. The average Bonchev–Trinajstić information content (AvgIpc) is 2.50. The number of carbonyl (C=O) groups excluding carboxylic acids is 1. The zero-order valence-corrected chi connectivity index (χ0v) is 6.55. The number of rotatable bonds is 2. The molecule has 6 heteroatoms. The van der Waals surface area contributed by atoms with Crippen molar-refractivity contribution < 1.29 is 14.0 Å². The summed E-state index contributed by atoms with van der Waals surface area (Å²) in [4.78, 5) is 18.3. The zero-order chi connectivity index (χ0) is 8.27. The highest BCUT2D eigenvalue weighted by Gasteiger charge is 2.11. The van der Waals surface area contributed by atoms with Crippen LogP contribution in [0.15, 0.2) is 15.8 Å². The minimum atomic E-state index is -0.724. The molecule has 11 heavy (non-hydrogen) atoms. The lowest BCUT2D eigenvalue weighted by atomic mass is 10.5. The lowest BCUT2D eigenvalue weighted by molar-refractivity contribution is 0.0461. The fourth-order valence-electron chi connectivity index (χ4n) is 0.505. The Hall–Kier alpha value is -1.01. The summed E-state index contributed by atoms with van der Waals surface area (Å²) < 4.78 is 4.88. The van der Waals surface area contributed by atoms with Crippen molar-refractivity contribution in [3.05, 3.63) is 12.0 Å². The van der Waals surface area contributed by atoms with Gasteiger partial charge in [0.1, 0.15) is 0 Å². The third-order valence-electron chi connectivity index (χ3n) is 0.967. The van der Waals surface area contributed by atoms with E-state index in [2.05, 4.69) is 15.7 Å². The minimum absolute atomic E-state index is 0.0110. The number of aromatic nitrogens is 1. The van der Waals surface area contributed by atoms with Crippen molar-refractivity contribution >= 4 is 17.7 Å². The van der Waals surface area contributed by atoms with Crippen LogP contribution in [0.3, 0.4) is 0 Å². The molecule has 0 aliphatic rings. The molecule has 1 heterocycles. The molecule has 1 aromatic rings. The smallest absolute Gasteiger partial charge is 0.394 e. The molecule has 0 aliphatic heterocycles. The van der Waals surface area contributed by atoms with Gasteiger partial charge in [0.15, 0.2) is 0 Å². The van der Waals surface area contributed by atoms with Crippen LogP contribution in [0.1, 0.15) is 10.6 Å². The molecule has 0 unspecified atom stereocenters. The first-order valence-corrected chi connectivity index (χ1v) is 3.91. The van der Waals surface area contributed by atoms with E-state index in [0.29, 0.717) is 5.22 Å². The summed E-state index contributed by atoms with van der Waals surface area (Å²) >= 11 is 1.29. The van der Waals surface area contributed by atoms with Gasteiger partial charge in [0, 0.05) is 0 Å². The molecule has 0 bridgehead atoms. The van der Waals surface area contributed by atoms with Gasteiger partial charge in [-0.25, -0.2) is 9.78 Å². The van der Waals surface area contributed by atoms with Crippen molar-refractivity contribution in [3.8, 4) is 0 Å². The van der Waals surface area contributed by atoms with E-state index >= 15 is 0 Å². The molecule has 0 spiro atoms. The maximum absolute atomic E-state index is 10.7. The molecule has 0 amide bonds. The lowest BCUT2D eigenvalue weighted by Crippen LogP contribution is -2.08. The predicted octanol–water partition coefficient (Wildman–Crippen LogP) is 0.427. The standard InChI is InChI=1S/C5H6N2O3S/c1-11-5-7-2-3(9-5)4(8)10-6/h2H,6H2,1H3. The largest absolute Gasteiger partial charge is 0.424 e. The van der Waals surface area contributed by atoms with Crippen molar-refractivity contribution in [3.63, 3.8) is 0 Å². The summed E-state index contributed by atoms with van der Waals surface area (Å²) in [6.45, 7) is 0. The molecule has 1 rings (SSSR count). The quantitative estimate of drug-likeness (QED) is 0.517. The van der Waals surface area contributed by atoms with Crippen LogP contribution in [0.5, 0.6) is 0 Å². The summed E-state index contributed by atoms with van der Waals surface area (Å²) in [5.74, 6) is 3.90. The second-order valence-electron chi connectivity index (χ2n) is 1.60. The Bertz CT molecular complexity index is 260. The molecule has 0 atom stereocenters. The van der Waals surface area contributed by atoms with E-state index in [9.17, 15) is 4.79 Å². The Balaban J connectivity index is 2.80. The van der Waals surface area contributed by atoms with E-state index in [-0.39, 0.29) is 5.76 Å². The van der Waals surface area contributed by atoms with E-state index in [1.807, 2.05) is 0 Å². The first-order valence-electron chi connectivity index (χ1n) is 2.69. The maximum Gasteiger partial charge on any atom is 0.394 e. The molecule has 1 aromatic heterocycles. The van der Waals surface area contributed by atoms with Gasteiger partial charge in [-0.1, -0.05) is 11.8 Å². The van der Waals surface area contributed by atoms with Crippen LogP contribution >= 0.6 is 11.8 Å². The van der Waals surface area contributed by atoms with Gasteiger partial charge in [0.05, 0.1) is 6.20 Å². The Morgan fingerprint density at radius 2 is 2.64 bits per heavy atom. The molecule has 5 nitrogen and oxygen atoms in total. The highest BCUT2D eigenvalue weighted by atomic mass is 32.2. The van der Waals surface area contributed by atoms with Crippen LogP contribution in [0.2, 0.25) is 0 Å². The fourth-order valence-corrected chi connectivity index (χ4v) is 0.836.